The van der Waals surface area contributed by atoms with Crippen molar-refractivity contribution in [2.45, 2.75) is 25.9 Å². The Balaban J connectivity index is 1.48. The monoisotopic (exact) mass is 326 g/mol. The topological polar surface area (TPSA) is 59.6 Å². The minimum absolute atomic E-state index is 0.0170. The first kappa shape index (κ1) is 16.2. The van der Waals surface area contributed by atoms with Gasteiger partial charge in [0.15, 0.2) is 11.5 Å². The Morgan fingerprint density at radius 1 is 1.04 bits per heavy atom. The number of hydrogen-bond donors (Lipinski definition) is 2. The van der Waals surface area contributed by atoms with Crippen LogP contribution in [0, 0.1) is 0 Å². The fourth-order valence-electron chi connectivity index (χ4n) is 2.67. The fraction of sp³-hybridized carbons (Fsp3) is 0.316. The van der Waals surface area contributed by atoms with E-state index in [1.54, 1.807) is 0 Å². The average molecular weight is 326 g/mol. The second-order valence-electron chi connectivity index (χ2n) is 5.90. The van der Waals surface area contributed by atoms with Gasteiger partial charge in [0, 0.05) is 12.6 Å². The molecule has 1 aliphatic rings. The van der Waals surface area contributed by atoms with Crippen LogP contribution in [0.2, 0.25) is 0 Å². The standard InChI is InChI=1S/C19H22N2O3/c1-14(21-19(22)20-13-15-5-3-2-4-6-15)11-16-7-8-17-18(12-16)24-10-9-23-17/h2-8,12,14H,9-11,13H2,1H3,(H2,20,21,22). The third kappa shape index (κ3) is 4.41. The zero-order chi connectivity index (χ0) is 16.8. The SMILES string of the molecule is CC(Cc1ccc2c(c1)OCCO2)NC(=O)NCc1ccccc1. The molecule has 2 aromatic rings. The molecule has 0 aliphatic carbocycles. The highest BCUT2D eigenvalue weighted by Crippen LogP contribution is 2.31. The van der Waals surface area contributed by atoms with E-state index in [4.69, 9.17) is 9.47 Å². The molecule has 3 rings (SSSR count). The number of fused-ring (bicyclic) bond motifs is 1. The van der Waals surface area contributed by atoms with Crippen LogP contribution < -0.4 is 20.1 Å². The molecule has 1 aliphatic heterocycles. The lowest BCUT2D eigenvalue weighted by molar-refractivity contribution is 0.171. The van der Waals surface area contributed by atoms with Gasteiger partial charge in [0.25, 0.3) is 0 Å². The Labute approximate surface area is 142 Å². The third-order valence-electron chi connectivity index (χ3n) is 3.82. The Kier molecular flexibility index (Phi) is 5.21. The molecule has 0 spiro atoms. The van der Waals surface area contributed by atoms with Crippen LogP contribution in [0.5, 0.6) is 11.5 Å². The van der Waals surface area contributed by atoms with Crippen LogP contribution in [0.15, 0.2) is 48.5 Å². The van der Waals surface area contributed by atoms with E-state index in [9.17, 15) is 4.79 Å². The van der Waals surface area contributed by atoms with E-state index in [0.29, 0.717) is 19.8 Å². The number of amides is 2. The second-order valence-corrected chi connectivity index (χ2v) is 5.90. The number of carbonyl (C=O) groups excluding carboxylic acids is 1. The van der Waals surface area contributed by atoms with Gasteiger partial charge in [-0.1, -0.05) is 36.4 Å². The first-order chi connectivity index (χ1) is 11.7. The Morgan fingerprint density at radius 3 is 2.58 bits per heavy atom. The summed E-state index contributed by atoms with van der Waals surface area (Å²) in [7, 11) is 0. The molecule has 5 nitrogen and oxygen atoms in total. The summed E-state index contributed by atoms with van der Waals surface area (Å²) in [6.07, 6.45) is 0.732. The summed E-state index contributed by atoms with van der Waals surface area (Å²) in [4.78, 5) is 12.0. The van der Waals surface area contributed by atoms with E-state index < -0.39 is 0 Å². The lowest BCUT2D eigenvalue weighted by atomic mass is 10.1. The largest absolute Gasteiger partial charge is 0.486 e. The quantitative estimate of drug-likeness (QED) is 0.888. The average Bonchev–Trinajstić information content (AvgIpc) is 2.60. The highest BCUT2D eigenvalue weighted by molar-refractivity contribution is 5.74. The molecule has 0 bridgehead atoms. The van der Waals surface area contributed by atoms with Crippen LogP contribution in [0.25, 0.3) is 0 Å². The van der Waals surface area contributed by atoms with Crippen molar-refractivity contribution in [3.05, 3.63) is 59.7 Å². The van der Waals surface area contributed by atoms with Crippen molar-refractivity contribution in [2.24, 2.45) is 0 Å². The highest BCUT2D eigenvalue weighted by Gasteiger charge is 2.13. The number of rotatable bonds is 5. The normalized spacial score (nSPS) is 13.9. The summed E-state index contributed by atoms with van der Waals surface area (Å²) >= 11 is 0. The van der Waals surface area contributed by atoms with E-state index in [0.717, 1.165) is 29.0 Å². The van der Waals surface area contributed by atoms with Gasteiger partial charge in [0.1, 0.15) is 13.2 Å². The molecule has 126 valence electrons. The molecule has 1 unspecified atom stereocenters. The zero-order valence-corrected chi connectivity index (χ0v) is 13.7. The molecule has 0 fully saturated rings. The van der Waals surface area contributed by atoms with Crippen molar-refractivity contribution in [1.82, 2.24) is 10.6 Å². The summed E-state index contributed by atoms with van der Waals surface area (Å²) in [5.74, 6) is 1.56. The summed E-state index contributed by atoms with van der Waals surface area (Å²) in [6, 6.07) is 15.6. The predicted octanol–water partition coefficient (Wildman–Crippen LogP) is 2.89. The molecule has 1 heterocycles. The molecule has 0 saturated carbocycles. The van der Waals surface area contributed by atoms with E-state index in [1.165, 1.54) is 0 Å². The van der Waals surface area contributed by atoms with Gasteiger partial charge < -0.3 is 20.1 Å². The number of urea groups is 1. The summed E-state index contributed by atoms with van der Waals surface area (Å²) in [6.45, 7) is 3.67. The van der Waals surface area contributed by atoms with E-state index in [1.807, 2.05) is 55.5 Å². The van der Waals surface area contributed by atoms with Gasteiger partial charge in [0.2, 0.25) is 0 Å². The number of benzene rings is 2. The van der Waals surface area contributed by atoms with E-state index in [-0.39, 0.29) is 12.1 Å². The molecular weight excluding hydrogens is 304 g/mol. The number of ether oxygens (including phenoxy) is 2. The second kappa shape index (κ2) is 7.73. The fourth-order valence-corrected chi connectivity index (χ4v) is 2.67. The molecule has 24 heavy (non-hydrogen) atoms. The van der Waals surface area contributed by atoms with Gasteiger partial charge in [-0.05, 0) is 36.6 Å². The van der Waals surface area contributed by atoms with Crippen LogP contribution in [0.4, 0.5) is 4.79 Å². The first-order valence-corrected chi connectivity index (χ1v) is 8.17. The molecule has 0 saturated heterocycles. The van der Waals surface area contributed by atoms with Gasteiger partial charge >= 0.3 is 6.03 Å². The lowest BCUT2D eigenvalue weighted by Gasteiger charge is -2.20. The number of carbonyl (C=O) groups is 1. The first-order valence-electron chi connectivity index (χ1n) is 8.17. The van der Waals surface area contributed by atoms with E-state index >= 15 is 0 Å². The third-order valence-corrected chi connectivity index (χ3v) is 3.82. The molecule has 0 aromatic heterocycles. The maximum Gasteiger partial charge on any atom is 0.315 e. The van der Waals surface area contributed by atoms with Crippen LogP contribution in [-0.4, -0.2) is 25.3 Å². The van der Waals surface area contributed by atoms with Crippen molar-refractivity contribution in [1.29, 1.82) is 0 Å². The smallest absolute Gasteiger partial charge is 0.315 e. The molecule has 1 atom stereocenters. The summed E-state index contributed by atoms with van der Waals surface area (Å²) in [5, 5.41) is 5.83. The minimum Gasteiger partial charge on any atom is -0.486 e. The van der Waals surface area contributed by atoms with Gasteiger partial charge in [0.05, 0.1) is 0 Å². The van der Waals surface area contributed by atoms with Crippen LogP contribution in [-0.2, 0) is 13.0 Å². The maximum absolute atomic E-state index is 12.0. The number of hydrogen-bond acceptors (Lipinski definition) is 3. The highest BCUT2D eigenvalue weighted by atomic mass is 16.6. The van der Waals surface area contributed by atoms with Crippen LogP contribution in [0.1, 0.15) is 18.1 Å². The van der Waals surface area contributed by atoms with Crippen molar-refractivity contribution >= 4 is 6.03 Å². The predicted molar refractivity (Wildman–Crippen MR) is 92.4 cm³/mol. The number of nitrogens with one attached hydrogen (secondary N) is 2. The van der Waals surface area contributed by atoms with Gasteiger partial charge in [-0.15, -0.1) is 0 Å². The Morgan fingerprint density at radius 2 is 1.79 bits per heavy atom. The summed E-state index contributed by atoms with van der Waals surface area (Å²) in [5.41, 5.74) is 2.18. The van der Waals surface area contributed by atoms with E-state index in [2.05, 4.69) is 10.6 Å². The minimum atomic E-state index is -0.163. The Bertz CT molecular complexity index is 688. The molecular formula is C19H22N2O3. The molecule has 2 aromatic carbocycles. The van der Waals surface area contributed by atoms with Gasteiger partial charge in [-0.2, -0.15) is 0 Å². The molecule has 5 heteroatoms. The van der Waals surface area contributed by atoms with Crippen molar-refractivity contribution in [3.8, 4) is 11.5 Å². The van der Waals surface area contributed by atoms with Crippen LogP contribution in [0.3, 0.4) is 0 Å². The van der Waals surface area contributed by atoms with Crippen LogP contribution >= 0.6 is 0 Å². The van der Waals surface area contributed by atoms with Crippen molar-refractivity contribution in [2.75, 3.05) is 13.2 Å². The van der Waals surface area contributed by atoms with Crippen molar-refractivity contribution in [3.63, 3.8) is 0 Å². The van der Waals surface area contributed by atoms with Gasteiger partial charge in [-0.25, -0.2) is 4.79 Å². The molecule has 0 radical (unpaired) electrons. The molecule has 2 N–H and O–H groups in total. The zero-order valence-electron chi connectivity index (χ0n) is 13.7. The molecule has 2 amide bonds. The summed E-state index contributed by atoms with van der Waals surface area (Å²) < 4.78 is 11.1. The van der Waals surface area contributed by atoms with Gasteiger partial charge in [-0.3, -0.25) is 0 Å². The Hall–Kier alpha value is -2.69. The maximum atomic E-state index is 12.0. The van der Waals surface area contributed by atoms with Crippen molar-refractivity contribution < 1.29 is 14.3 Å². The lowest BCUT2D eigenvalue weighted by Crippen LogP contribution is -2.41.